The van der Waals surface area contributed by atoms with E-state index in [2.05, 4.69) is 34.7 Å². The van der Waals surface area contributed by atoms with Crippen LogP contribution in [-0.4, -0.2) is 26.2 Å². The number of nitrogens with one attached hydrogen (secondary N) is 2. The molecule has 0 spiro atoms. The van der Waals surface area contributed by atoms with Crippen molar-refractivity contribution in [2.45, 2.75) is 13.3 Å². The fraction of sp³-hybridized carbons (Fsp3) is 0.278. The van der Waals surface area contributed by atoms with E-state index >= 15 is 0 Å². The summed E-state index contributed by atoms with van der Waals surface area (Å²) in [4.78, 5) is 14.0. The van der Waals surface area contributed by atoms with E-state index in [-0.39, 0.29) is 6.03 Å². The smallest absolute Gasteiger partial charge is 0.319 e. The van der Waals surface area contributed by atoms with E-state index in [4.69, 9.17) is 0 Å². The van der Waals surface area contributed by atoms with E-state index in [1.54, 1.807) is 0 Å². The summed E-state index contributed by atoms with van der Waals surface area (Å²) < 4.78 is 0. The second kappa shape index (κ2) is 8.08. The van der Waals surface area contributed by atoms with Crippen LogP contribution in [0.3, 0.4) is 0 Å². The normalized spacial score (nSPS) is 10.1. The number of urea groups is 1. The maximum Gasteiger partial charge on any atom is 0.319 e. The summed E-state index contributed by atoms with van der Waals surface area (Å²) in [6.45, 7) is 3.57. The molecule has 22 heavy (non-hydrogen) atoms. The Bertz CT molecular complexity index is 581. The molecule has 0 aliphatic carbocycles. The van der Waals surface area contributed by atoms with Gasteiger partial charge in [0.05, 0.1) is 0 Å². The molecule has 0 unspecified atom stereocenters. The van der Waals surface area contributed by atoms with Crippen molar-refractivity contribution in [3.63, 3.8) is 0 Å². The number of carbonyl (C=O) groups is 1. The molecule has 0 aliphatic rings. The number of nitrogens with zero attached hydrogens (tertiary/aromatic N) is 1. The summed E-state index contributed by atoms with van der Waals surface area (Å²) in [5, 5.41) is 5.70. The van der Waals surface area contributed by atoms with Crippen LogP contribution >= 0.6 is 0 Å². The molecule has 0 aliphatic heterocycles. The summed E-state index contributed by atoms with van der Waals surface area (Å²) in [7, 11) is 2.06. The minimum atomic E-state index is -0.161. The largest absolute Gasteiger partial charge is 0.375 e. The number of hydrogen-bond acceptors (Lipinski definition) is 2. The predicted molar refractivity (Wildman–Crippen MR) is 92.5 cm³/mol. The lowest BCUT2D eigenvalue weighted by Gasteiger charge is -2.19. The molecule has 0 saturated heterocycles. The average Bonchev–Trinajstić information content (AvgIpc) is 2.54. The zero-order chi connectivity index (χ0) is 15.8. The standard InChI is InChI=1S/C18H23N3O/c1-15-9-11-16(12-10-15)20-18(22)19-13-6-14-21(2)17-7-4-3-5-8-17/h3-5,7-12H,6,13-14H2,1-2H3,(H2,19,20,22). The minimum Gasteiger partial charge on any atom is -0.375 e. The molecular weight excluding hydrogens is 274 g/mol. The van der Waals surface area contributed by atoms with Crippen LogP contribution < -0.4 is 15.5 Å². The SMILES string of the molecule is Cc1ccc(NC(=O)NCCCN(C)c2ccccc2)cc1. The molecule has 2 N–H and O–H groups in total. The molecular formula is C18H23N3O. The first kappa shape index (κ1) is 15.9. The first-order valence-corrected chi connectivity index (χ1v) is 7.53. The number of hydrogen-bond donors (Lipinski definition) is 2. The highest BCUT2D eigenvalue weighted by Gasteiger charge is 2.02. The van der Waals surface area contributed by atoms with E-state index in [0.29, 0.717) is 6.54 Å². The molecule has 4 nitrogen and oxygen atoms in total. The molecule has 116 valence electrons. The van der Waals surface area contributed by atoms with Crippen LogP contribution in [0, 0.1) is 6.92 Å². The Labute approximate surface area is 132 Å². The number of anilines is 2. The Balaban J connectivity index is 1.66. The van der Waals surface area contributed by atoms with Crippen molar-refractivity contribution in [1.29, 1.82) is 0 Å². The third-order valence-electron chi connectivity index (χ3n) is 3.46. The second-order valence-corrected chi connectivity index (χ2v) is 5.36. The first-order valence-electron chi connectivity index (χ1n) is 7.53. The third-order valence-corrected chi connectivity index (χ3v) is 3.46. The fourth-order valence-corrected chi connectivity index (χ4v) is 2.14. The third kappa shape index (κ3) is 5.13. The molecule has 2 amide bonds. The molecule has 0 fully saturated rings. The van der Waals surface area contributed by atoms with Crippen LogP contribution in [-0.2, 0) is 0 Å². The van der Waals surface area contributed by atoms with Crippen LogP contribution in [0.15, 0.2) is 54.6 Å². The van der Waals surface area contributed by atoms with Gasteiger partial charge in [-0.2, -0.15) is 0 Å². The van der Waals surface area contributed by atoms with E-state index in [1.165, 1.54) is 11.3 Å². The van der Waals surface area contributed by atoms with Gasteiger partial charge in [0.2, 0.25) is 0 Å². The zero-order valence-corrected chi connectivity index (χ0v) is 13.2. The summed E-state index contributed by atoms with van der Waals surface area (Å²) in [5.74, 6) is 0. The Morgan fingerprint density at radius 3 is 2.41 bits per heavy atom. The van der Waals surface area contributed by atoms with Crippen LogP contribution in [0.2, 0.25) is 0 Å². The van der Waals surface area contributed by atoms with Crippen molar-refractivity contribution in [1.82, 2.24) is 5.32 Å². The van der Waals surface area contributed by atoms with Crippen LogP contribution in [0.5, 0.6) is 0 Å². The molecule has 0 aromatic heterocycles. The number of rotatable bonds is 6. The van der Waals surface area contributed by atoms with Gasteiger partial charge in [-0.25, -0.2) is 4.79 Å². The number of para-hydroxylation sites is 1. The van der Waals surface area contributed by atoms with Crippen molar-refractivity contribution in [3.8, 4) is 0 Å². The van der Waals surface area contributed by atoms with Crippen molar-refractivity contribution in [2.24, 2.45) is 0 Å². The maximum atomic E-state index is 11.8. The first-order chi connectivity index (χ1) is 10.6. The predicted octanol–water partition coefficient (Wildman–Crippen LogP) is 3.64. The lowest BCUT2D eigenvalue weighted by Crippen LogP contribution is -2.31. The van der Waals surface area contributed by atoms with Crippen molar-refractivity contribution in [3.05, 3.63) is 60.2 Å². The molecule has 2 aromatic rings. The summed E-state index contributed by atoms with van der Waals surface area (Å²) in [6, 6.07) is 17.8. The highest BCUT2D eigenvalue weighted by molar-refractivity contribution is 5.89. The van der Waals surface area contributed by atoms with Gasteiger partial charge in [0, 0.05) is 31.5 Å². The summed E-state index contributed by atoms with van der Waals surface area (Å²) in [5.41, 5.74) is 3.17. The van der Waals surface area contributed by atoms with E-state index < -0.39 is 0 Å². The number of amides is 2. The van der Waals surface area contributed by atoms with Gasteiger partial charge in [-0.15, -0.1) is 0 Å². The van der Waals surface area contributed by atoms with Crippen LogP contribution in [0.25, 0.3) is 0 Å². The molecule has 0 bridgehead atoms. The zero-order valence-electron chi connectivity index (χ0n) is 13.2. The van der Waals surface area contributed by atoms with Gasteiger partial charge in [-0.05, 0) is 37.6 Å². The minimum absolute atomic E-state index is 0.161. The number of benzene rings is 2. The van der Waals surface area contributed by atoms with Crippen molar-refractivity contribution >= 4 is 17.4 Å². The van der Waals surface area contributed by atoms with Crippen LogP contribution in [0.4, 0.5) is 16.2 Å². The highest BCUT2D eigenvalue weighted by atomic mass is 16.2. The molecule has 4 heteroatoms. The highest BCUT2D eigenvalue weighted by Crippen LogP contribution is 2.11. The Morgan fingerprint density at radius 2 is 1.73 bits per heavy atom. The molecule has 0 radical (unpaired) electrons. The van der Waals surface area contributed by atoms with Crippen molar-refractivity contribution < 1.29 is 4.79 Å². The van der Waals surface area contributed by atoms with Gasteiger partial charge in [0.25, 0.3) is 0 Å². The lowest BCUT2D eigenvalue weighted by atomic mass is 10.2. The molecule has 0 saturated carbocycles. The van der Waals surface area contributed by atoms with Crippen LogP contribution in [0.1, 0.15) is 12.0 Å². The quantitative estimate of drug-likeness (QED) is 0.799. The van der Waals surface area contributed by atoms with Gasteiger partial charge >= 0.3 is 6.03 Å². The topological polar surface area (TPSA) is 44.4 Å². The van der Waals surface area contributed by atoms with Gasteiger partial charge in [0.1, 0.15) is 0 Å². The molecule has 2 rings (SSSR count). The average molecular weight is 297 g/mol. The van der Waals surface area contributed by atoms with Gasteiger partial charge in [-0.1, -0.05) is 35.9 Å². The number of carbonyl (C=O) groups excluding carboxylic acids is 1. The van der Waals surface area contributed by atoms with Gasteiger partial charge in [-0.3, -0.25) is 0 Å². The monoisotopic (exact) mass is 297 g/mol. The molecule has 0 atom stereocenters. The Morgan fingerprint density at radius 1 is 1.05 bits per heavy atom. The summed E-state index contributed by atoms with van der Waals surface area (Å²) >= 11 is 0. The molecule has 2 aromatic carbocycles. The van der Waals surface area contributed by atoms with Gasteiger partial charge in [0.15, 0.2) is 0 Å². The number of aryl methyl sites for hydroxylation is 1. The fourth-order valence-electron chi connectivity index (χ4n) is 2.14. The Hall–Kier alpha value is -2.49. The van der Waals surface area contributed by atoms with Gasteiger partial charge < -0.3 is 15.5 Å². The van der Waals surface area contributed by atoms with E-state index in [1.807, 2.05) is 49.4 Å². The molecule has 0 heterocycles. The second-order valence-electron chi connectivity index (χ2n) is 5.36. The Kier molecular flexibility index (Phi) is 5.83. The van der Waals surface area contributed by atoms with E-state index in [0.717, 1.165) is 18.7 Å². The van der Waals surface area contributed by atoms with Crippen molar-refractivity contribution in [2.75, 3.05) is 30.4 Å². The summed E-state index contributed by atoms with van der Waals surface area (Å²) in [6.07, 6.45) is 0.896. The van der Waals surface area contributed by atoms with E-state index in [9.17, 15) is 4.79 Å². The maximum absolute atomic E-state index is 11.8. The lowest BCUT2D eigenvalue weighted by molar-refractivity contribution is 0.252.